The van der Waals surface area contributed by atoms with Crippen LogP contribution in [0.5, 0.6) is 0 Å². The second-order valence-corrected chi connectivity index (χ2v) is 5.67. The Hall–Kier alpha value is -2.94. The fourth-order valence-electron chi connectivity index (χ4n) is 2.67. The lowest BCUT2D eigenvalue weighted by atomic mass is 10.0. The van der Waals surface area contributed by atoms with Gasteiger partial charge in [0.05, 0.1) is 12.2 Å². The quantitative estimate of drug-likeness (QED) is 0.531. The van der Waals surface area contributed by atoms with E-state index in [1.807, 2.05) is 49.4 Å². The molecule has 120 valence electrons. The lowest BCUT2D eigenvalue weighted by molar-refractivity contribution is -0.136. The Labute approximate surface area is 140 Å². The maximum Gasteiger partial charge on any atom is 0.338 e. The molecule has 24 heavy (non-hydrogen) atoms. The lowest BCUT2D eigenvalue weighted by Gasteiger charge is -2.06. The first-order valence-corrected chi connectivity index (χ1v) is 7.94. The zero-order valence-electron chi connectivity index (χ0n) is 13.5. The fourth-order valence-corrected chi connectivity index (χ4v) is 2.67. The molecule has 0 atom stereocenters. The summed E-state index contributed by atoms with van der Waals surface area (Å²) < 4.78 is 5.12. The molecular formula is C21H18O3. The molecule has 0 unspecified atom stereocenters. The second kappa shape index (κ2) is 6.67. The highest BCUT2D eigenvalue weighted by molar-refractivity contribution is 6.16. The molecule has 0 amide bonds. The van der Waals surface area contributed by atoms with Gasteiger partial charge in [-0.3, -0.25) is 4.79 Å². The molecule has 0 aromatic heterocycles. The summed E-state index contributed by atoms with van der Waals surface area (Å²) in [5.74, 6) is -0.427. The predicted molar refractivity (Wildman–Crippen MR) is 98.0 cm³/mol. The predicted octanol–water partition coefficient (Wildman–Crippen LogP) is 4.32. The van der Waals surface area contributed by atoms with Crippen LogP contribution in [0, 0.1) is 0 Å². The lowest BCUT2D eigenvalue weighted by Crippen LogP contribution is -2.07. The Bertz CT molecular complexity index is 1000. The van der Waals surface area contributed by atoms with E-state index in [0.29, 0.717) is 28.5 Å². The molecule has 0 radical (unpaired) electrons. The minimum absolute atomic E-state index is 0.0173. The zero-order chi connectivity index (χ0) is 17.1. The number of fused-ring (bicyclic) bond motifs is 2. The molecular weight excluding hydrogens is 300 g/mol. The highest BCUT2D eigenvalue weighted by atomic mass is 16.5. The number of carbonyl (C=O) groups excluding carboxylic acids is 1. The highest BCUT2D eigenvalue weighted by Gasteiger charge is 2.12. The van der Waals surface area contributed by atoms with Crippen molar-refractivity contribution in [2.75, 3.05) is 6.61 Å². The third kappa shape index (κ3) is 2.93. The van der Waals surface area contributed by atoms with Gasteiger partial charge in [-0.2, -0.15) is 0 Å². The van der Waals surface area contributed by atoms with Gasteiger partial charge in [0.2, 0.25) is 0 Å². The van der Waals surface area contributed by atoms with Gasteiger partial charge in [0.1, 0.15) is 0 Å². The monoisotopic (exact) mass is 318 g/mol. The van der Waals surface area contributed by atoms with E-state index < -0.39 is 5.97 Å². The second-order valence-electron chi connectivity index (χ2n) is 5.67. The molecule has 0 saturated carbocycles. The van der Waals surface area contributed by atoms with Crippen LogP contribution in [0.1, 0.15) is 18.9 Å². The van der Waals surface area contributed by atoms with Crippen LogP contribution in [0.15, 0.2) is 66.0 Å². The summed E-state index contributed by atoms with van der Waals surface area (Å²) in [6, 6.07) is 16.6. The molecule has 0 aliphatic rings. The Morgan fingerprint density at radius 3 is 2.50 bits per heavy atom. The Balaban J connectivity index is 2.12. The van der Waals surface area contributed by atoms with E-state index in [1.54, 1.807) is 12.1 Å². The smallest absolute Gasteiger partial charge is 0.338 e. The first-order chi connectivity index (χ1) is 11.6. The van der Waals surface area contributed by atoms with E-state index in [4.69, 9.17) is 4.74 Å². The van der Waals surface area contributed by atoms with E-state index in [1.165, 1.54) is 0 Å². The van der Waals surface area contributed by atoms with Crippen LogP contribution < -0.4 is 5.43 Å². The van der Waals surface area contributed by atoms with Gasteiger partial charge < -0.3 is 4.74 Å². The average Bonchev–Trinajstić information content (AvgIpc) is 2.76. The maximum atomic E-state index is 12.7. The number of rotatable bonds is 4. The molecule has 3 aromatic rings. The third-order valence-electron chi connectivity index (χ3n) is 3.98. The van der Waals surface area contributed by atoms with Gasteiger partial charge in [0.15, 0.2) is 5.43 Å². The number of benzene rings is 2. The molecule has 0 spiro atoms. The first-order valence-electron chi connectivity index (χ1n) is 7.94. The maximum absolute atomic E-state index is 12.7. The summed E-state index contributed by atoms with van der Waals surface area (Å²) in [5.41, 5.74) is 0.948. The Kier molecular flexibility index (Phi) is 4.43. The molecule has 0 heterocycles. The van der Waals surface area contributed by atoms with Crippen molar-refractivity contribution in [3.63, 3.8) is 0 Å². The summed E-state index contributed by atoms with van der Waals surface area (Å²) in [5, 5.41) is 2.97. The summed E-state index contributed by atoms with van der Waals surface area (Å²) >= 11 is 0. The van der Waals surface area contributed by atoms with Crippen LogP contribution in [0.25, 0.3) is 27.1 Å². The summed E-state index contributed by atoms with van der Waals surface area (Å²) in [6.45, 7) is 6.13. The SMILES string of the molecule is C=C(C(=O)OCCC)c1ccc2c(=O)c3ccccc3ccc2c1. The molecule has 3 nitrogen and oxygen atoms in total. The van der Waals surface area contributed by atoms with Crippen LogP contribution in [-0.4, -0.2) is 12.6 Å². The number of hydrogen-bond donors (Lipinski definition) is 0. The number of ether oxygens (including phenoxy) is 1. The van der Waals surface area contributed by atoms with Gasteiger partial charge >= 0.3 is 5.97 Å². The summed E-state index contributed by atoms with van der Waals surface area (Å²) in [4.78, 5) is 24.7. The molecule has 0 fully saturated rings. The number of carbonyl (C=O) groups is 1. The minimum atomic E-state index is -0.427. The van der Waals surface area contributed by atoms with Crippen molar-refractivity contribution in [1.82, 2.24) is 0 Å². The molecule has 0 aliphatic carbocycles. The largest absolute Gasteiger partial charge is 0.462 e. The van der Waals surface area contributed by atoms with Crippen molar-refractivity contribution in [1.29, 1.82) is 0 Å². The number of esters is 1. The van der Waals surface area contributed by atoms with Crippen molar-refractivity contribution >= 4 is 33.1 Å². The number of hydrogen-bond acceptors (Lipinski definition) is 3. The van der Waals surface area contributed by atoms with E-state index in [-0.39, 0.29) is 5.43 Å². The Morgan fingerprint density at radius 2 is 1.71 bits per heavy atom. The van der Waals surface area contributed by atoms with E-state index in [0.717, 1.165) is 17.2 Å². The minimum Gasteiger partial charge on any atom is -0.462 e. The molecule has 3 aromatic carbocycles. The molecule has 0 saturated heterocycles. The fraction of sp³-hybridized carbons (Fsp3) is 0.143. The first kappa shape index (κ1) is 15.9. The standard InChI is InChI=1S/C21H18O3/c1-3-12-24-21(23)14(2)16-10-11-19-17(13-16)9-8-15-6-4-5-7-18(15)20(19)22/h4-11,13H,2-3,12H2,1H3. The molecule has 0 aliphatic heterocycles. The summed E-state index contributed by atoms with van der Waals surface area (Å²) in [6.07, 6.45) is 0.763. The van der Waals surface area contributed by atoms with E-state index >= 15 is 0 Å². The van der Waals surface area contributed by atoms with E-state index in [9.17, 15) is 9.59 Å². The van der Waals surface area contributed by atoms with Gasteiger partial charge in [-0.05, 0) is 34.9 Å². The van der Waals surface area contributed by atoms with Crippen molar-refractivity contribution in [2.45, 2.75) is 13.3 Å². The highest BCUT2D eigenvalue weighted by Crippen LogP contribution is 2.21. The van der Waals surface area contributed by atoms with Crippen LogP contribution in [0.3, 0.4) is 0 Å². The van der Waals surface area contributed by atoms with E-state index in [2.05, 4.69) is 6.58 Å². The van der Waals surface area contributed by atoms with Crippen molar-refractivity contribution in [3.05, 3.63) is 77.0 Å². The van der Waals surface area contributed by atoms with Crippen molar-refractivity contribution in [3.8, 4) is 0 Å². The van der Waals surface area contributed by atoms with Crippen molar-refractivity contribution < 1.29 is 9.53 Å². The molecule has 3 rings (SSSR count). The van der Waals surface area contributed by atoms with Crippen LogP contribution in [0.4, 0.5) is 0 Å². The molecule has 0 bridgehead atoms. The van der Waals surface area contributed by atoms with Crippen LogP contribution >= 0.6 is 0 Å². The van der Waals surface area contributed by atoms with Gasteiger partial charge in [-0.25, -0.2) is 4.79 Å². The molecule has 0 N–H and O–H groups in total. The van der Waals surface area contributed by atoms with Gasteiger partial charge in [-0.15, -0.1) is 0 Å². The summed E-state index contributed by atoms with van der Waals surface area (Å²) in [7, 11) is 0. The third-order valence-corrected chi connectivity index (χ3v) is 3.98. The van der Waals surface area contributed by atoms with Gasteiger partial charge in [0.25, 0.3) is 0 Å². The Morgan fingerprint density at radius 1 is 1.00 bits per heavy atom. The normalized spacial score (nSPS) is 10.7. The van der Waals surface area contributed by atoms with Crippen LogP contribution in [-0.2, 0) is 9.53 Å². The topological polar surface area (TPSA) is 43.4 Å². The van der Waals surface area contributed by atoms with Gasteiger partial charge in [-0.1, -0.05) is 56.0 Å². The van der Waals surface area contributed by atoms with Crippen molar-refractivity contribution in [2.24, 2.45) is 0 Å². The van der Waals surface area contributed by atoms with Crippen LogP contribution in [0.2, 0.25) is 0 Å². The average molecular weight is 318 g/mol. The molecule has 3 heteroatoms. The van der Waals surface area contributed by atoms with Gasteiger partial charge in [0, 0.05) is 10.8 Å². The zero-order valence-corrected chi connectivity index (χ0v) is 13.5.